The van der Waals surface area contributed by atoms with E-state index in [1.807, 2.05) is 6.92 Å². The number of hydrogen-bond donors (Lipinski definition) is 2. The van der Waals surface area contributed by atoms with Crippen molar-refractivity contribution in [3.8, 4) is 17.2 Å². The second-order valence-corrected chi connectivity index (χ2v) is 6.24. The summed E-state index contributed by atoms with van der Waals surface area (Å²) in [5.74, 6) is 1.12. The van der Waals surface area contributed by atoms with Gasteiger partial charge in [0, 0.05) is 12.1 Å². The van der Waals surface area contributed by atoms with E-state index in [1.54, 1.807) is 37.4 Å². The lowest BCUT2D eigenvalue weighted by Gasteiger charge is -2.15. The third kappa shape index (κ3) is 5.52. The minimum absolute atomic E-state index is 0.0547. The summed E-state index contributed by atoms with van der Waals surface area (Å²) in [4.78, 5) is 12.4. The van der Waals surface area contributed by atoms with E-state index in [0.717, 1.165) is 6.42 Å². The number of rotatable bonds is 9. The second-order valence-electron chi connectivity index (χ2n) is 5.84. The molecule has 6 nitrogen and oxygen atoms in total. The number of amides is 1. The first-order valence-electron chi connectivity index (χ1n) is 8.60. The van der Waals surface area contributed by atoms with Gasteiger partial charge in [0.15, 0.2) is 11.5 Å². The van der Waals surface area contributed by atoms with Crippen molar-refractivity contribution >= 4 is 17.5 Å². The molecule has 146 valence electrons. The molecule has 2 rings (SSSR count). The van der Waals surface area contributed by atoms with Gasteiger partial charge < -0.3 is 24.6 Å². The molecular formula is C20H24ClNO5. The van der Waals surface area contributed by atoms with Crippen molar-refractivity contribution in [2.24, 2.45) is 0 Å². The van der Waals surface area contributed by atoms with Crippen LogP contribution in [0.2, 0.25) is 5.02 Å². The average Bonchev–Trinajstić information content (AvgIpc) is 2.70. The van der Waals surface area contributed by atoms with Crippen molar-refractivity contribution in [3.05, 3.63) is 52.5 Å². The molecule has 0 heterocycles. The fourth-order valence-electron chi connectivity index (χ4n) is 2.43. The number of ether oxygens (including phenoxy) is 3. The highest BCUT2D eigenvalue weighted by atomic mass is 35.5. The molecule has 0 saturated heterocycles. The van der Waals surface area contributed by atoms with Crippen LogP contribution in [0.15, 0.2) is 36.4 Å². The van der Waals surface area contributed by atoms with Crippen molar-refractivity contribution in [2.75, 3.05) is 27.4 Å². The molecule has 0 aliphatic rings. The largest absolute Gasteiger partial charge is 0.497 e. The monoisotopic (exact) mass is 393 g/mol. The molecule has 0 spiro atoms. The van der Waals surface area contributed by atoms with E-state index in [0.29, 0.717) is 40.0 Å². The fraction of sp³-hybridized carbons (Fsp3) is 0.350. The summed E-state index contributed by atoms with van der Waals surface area (Å²) in [5, 5.41) is 13.2. The van der Waals surface area contributed by atoms with Gasteiger partial charge in [0.1, 0.15) is 5.75 Å². The van der Waals surface area contributed by atoms with E-state index in [-0.39, 0.29) is 12.5 Å². The molecule has 0 bridgehead atoms. The number of aliphatic hydroxyl groups excluding tert-OH is 1. The van der Waals surface area contributed by atoms with Gasteiger partial charge in [-0.25, -0.2) is 0 Å². The van der Waals surface area contributed by atoms with Crippen molar-refractivity contribution in [2.45, 2.75) is 19.4 Å². The van der Waals surface area contributed by atoms with Crippen molar-refractivity contribution in [3.63, 3.8) is 0 Å². The van der Waals surface area contributed by atoms with Gasteiger partial charge in [-0.3, -0.25) is 4.79 Å². The maximum Gasteiger partial charge on any atom is 0.251 e. The van der Waals surface area contributed by atoms with Crippen LogP contribution in [0.25, 0.3) is 0 Å². The van der Waals surface area contributed by atoms with Gasteiger partial charge >= 0.3 is 0 Å². The van der Waals surface area contributed by atoms with E-state index in [1.165, 1.54) is 13.2 Å². The number of carbonyl (C=O) groups excluding carboxylic acids is 1. The van der Waals surface area contributed by atoms with Crippen LogP contribution in [0.1, 0.15) is 35.4 Å². The van der Waals surface area contributed by atoms with Crippen LogP contribution >= 0.6 is 11.6 Å². The van der Waals surface area contributed by atoms with E-state index < -0.39 is 6.10 Å². The number of benzene rings is 2. The standard InChI is InChI=1S/C20H24ClNO5/c1-4-9-27-19-16(21)10-14(11-18(19)26-3)20(24)22-12-17(23)13-5-7-15(25-2)8-6-13/h5-8,10-11,17,23H,4,9,12H2,1-3H3,(H,22,24). The summed E-state index contributed by atoms with van der Waals surface area (Å²) in [6.07, 6.45) is -0.0188. The van der Waals surface area contributed by atoms with Gasteiger partial charge in [0.2, 0.25) is 0 Å². The molecular weight excluding hydrogens is 370 g/mol. The van der Waals surface area contributed by atoms with Gasteiger partial charge in [-0.15, -0.1) is 0 Å². The zero-order valence-corrected chi connectivity index (χ0v) is 16.4. The fourth-order valence-corrected chi connectivity index (χ4v) is 2.70. The van der Waals surface area contributed by atoms with E-state index >= 15 is 0 Å². The molecule has 2 N–H and O–H groups in total. The van der Waals surface area contributed by atoms with Crippen LogP contribution in [0, 0.1) is 0 Å². The molecule has 0 saturated carbocycles. The van der Waals surface area contributed by atoms with Crippen molar-refractivity contribution < 1.29 is 24.1 Å². The summed E-state index contributed by atoms with van der Waals surface area (Å²) < 4.78 is 15.9. The Labute approximate surface area is 164 Å². The summed E-state index contributed by atoms with van der Waals surface area (Å²) in [6.45, 7) is 2.53. The number of methoxy groups -OCH3 is 2. The number of halogens is 1. The van der Waals surface area contributed by atoms with E-state index in [2.05, 4.69) is 5.32 Å². The highest BCUT2D eigenvalue weighted by Crippen LogP contribution is 2.36. The molecule has 1 unspecified atom stereocenters. The number of hydrogen-bond acceptors (Lipinski definition) is 5. The highest BCUT2D eigenvalue weighted by Gasteiger charge is 2.17. The number of aliphatic hydroxyl groups is 1. The van der Waals surface area contributed by atoms with Crippen LogP contribution in [-0.2, 0) is 0 Å². The van der Waals surface area contributed by atoms with Gasteiger partial charge in [-0.1, -0.05) is 30.7 Å². The maximum atomic E-state index is 12.4. The average molecular weight is 394 g/mol. The summed E-state index contributed by atoms with van der Waals surface area (Å²) in [6, 6.07) is 10.1. The Hall–Kier alpha value is -2.44. The lowest BCUT2D eigenvalue weighted by Crippen LogP contribution is -2.28. The molecule has 27 heavy (non-hydrogen) atoms. The third-order valence-corrected chi connectivity index (χ3v) is 4.18. The minimum Gasteiger partial charge on any atom is -0.497 e. The first-order chi connectivity index (χ1) is 13.0. The SMILES string of the molecule is CCCOc1c(Cl)cc(C(=O)NCC(O)c2ccc(OC)cc2)cc1OC. The Bertz CT molecular complexity index is 764. The third-order valence-electron chi connectivity index (χ3n) is 3.90. The Kier molecular flexibility index (Phi) is 7.76. The normalized spacial score (nSPS) is 11.6. The van der Waals surface area contributed by atoms with Crippen LogP contribution in [-0.4, -0.2) is 38.4 Å². The van der Waals surface area contributed by atoms with Crippen LogP contribution in [0.5, 0.6) is 17.2 Å². The zero-order chi connectivity index (χ0) is 19.8. The topological polar surface area (TPSA) is 77.0 Å². The highest BCUT2D eigenvalue weighted by molar-refractivity contribution is 6.32. The molecule has 2 aromatic rings. The van der Waals surface area contributed by atoms with Gasteiger partial charge in [-0.2, -0.15) is 0 Å². The van der Waals surface area contributed by atoms with Gasteiger partial charge in [0.05, 0.1) is 32.0 Å². The smallest absolute Gasteiger partial charge is 0.251 e. The number of carbonyl (C=O) groups is 1. The molecule has 0 aromatic heterocycles. The molecule has 1 amide bonds. The molecule has 0 aliphatic carbocycles. The van der Waals surface area contributed by atoms with Crippen LogP contribution in [0.3, 0.4) is 0 Å². The van der Waals surface area contributed by atoms with Crippen LogP contribution < -0.4 is 19.5 Å². The molecule has 1 atom stereocenters. The van der Waals surface area contributed by atoms with Crippen molar-refractivity contribution in [1.82, 2.24) is 5.32 Å². The maximum absolute atomic E-state index is 12.4. The number of nitrogens with one attached hydrogen (secondary N) is 1. The molecule has 0 radical (unpaired) electrons. The van der Waals surface area contributed by atoms with E-state index in [4.69, 9.17) is 25.8 Å². The first kappa shape index (κ1) is 20.9. The Morgan fingerprint density at radius 3 is 2.48 bits per heavy atom. The second kappa shape index (κ2) is 10.0. The predicted molar refractivity (Wildman–Crippen MR) is 104 cm³/mol. The lowest BCUT2D eigenvalue weighted by molar-refractivity contribution is 0.0916. The van der Waals surface area contributed by atoms with E-state index in [9.17, 15) is 9.90 Å². The zero-order valence-electron chi connectivity index (χ0n) is 15.6. The van der Waals surface area contributed by atoms with Crippen molar-refractivity contribution in [1.29, 1.82) is 0 Å². The molecule has 2 aromatic carbocycles. The minimum atomic E-state index is -0.843. The van der Waals surface area contributed by atoms with Crippen LogP contribution in [0.4, 0.5) is 0 Å². The summed E-state index contributed by atoms with van der Waals surface area (Å²) >= 11 is 6.23. The van der Waals surface area contributed by atoms with Gasteiger partial charge in [-0.05, 0) is 36.2 Å². The quantitative estimate of drug-likeness (QED) is 0.680. The Morgan fingerprint density at radius 1 is 1.19 bits per heavy atom. The lowest BCUT2D eigenvalue weighted by atomic mass is 10.1. The van der Waals surface area contributed by atoms with Gasteiger partial charge in [0.25, 0.3) is 5.91 Å². The first-order valence-corrected chi connectivity index (χ1v) is 8.98. The molecule has 0 fully saturated rings. The summed E-state index contributed by atoms with van der Waals surface area (Å²) in [7, 11) is 3.06. The molecule has 0 aliphatic heterocycles. The Balaban J connectivity index is 2.05. The Morgan fingerprint density at radius 2 is 1.89 bits per heavy atom. The predicted octanol–water partition coefficient (Wildman–Crippen LogP) is 3.61. The molecule has 7 heteroatoms. The summed E-state index contributed by atoms with van der Waals surface area (Å²) in [5.41, 5.74) is 0.998.